The molecule has 1 aromatic heterocycles. The topological polar surface area (TPSA) is 111 Å². The first-order valence-corrected chi connectivity index (χ1v) is 7.67. The number of carboxylic acids is 1. The van der Waals surface area contributed by atoms with E-state index in [1.54, 1.807) is 28.9 Å². The van der Waals surface area contributed by atoms with Crippen LogP contribution in [0.3, 0.4) is 0 Å². The number of nitrogens with two attached hydrogens (primary N) is 1. The van der Waals surface area contributed by atoms with Gasteiger partial charge < -0.3 is 10.8 Å². The molecule has 1 saturated carbocycles. The van der Waals surface area contributed by atoms with Crippen molar-refractivity contribution in [3.05, 3.63) is 41.2 Å². The SMILES string of the molecule is NC(=O)c1ccc(-n2nnc(C(=O)O)c2C2CCCCC2)cc1. The second-order valence-electron chi connectivity index (χ2n) is 5.79. The molecule has 0 unspecified atom stereocenters. The van der Waals surface area contributed by atoms with Crippen molar-refractivity contribution in [2.75, 3.05) is 0 Å². The number of carboxylic acid groups (broad SMARTS) is 1. The van der Waals surface area contributed by atoms with E-state index >= 15 is 0 Å². The van der Waals surface area contributed by atoms with Gasteiger partial charge in [-0.3, -0.25) is 4.79 Å². The summed E-state index contributed by atoms with van der Waals surface area (Å²) in [5.41, 5.74) is 6.97. The number of aromatic nitrogens is 3. The van der Waals surface area contributed by atoms with Crippen molar-refractivity contribution in [3.63, 3.8) is 0 Å². The number of hydrogen-bond donors (Lipinski definition) is 2. The Kier molecular flexibility index (Phi) is 4.10. The highest BCUT2D eigenvalue weighted by Crippen LogP contribution is 2.34. The van der Waals surface area contributed by atoms with Crippen LogP contribution in [-0.2, 0) is 0 Å². The minimum absolute atomic E-state index is 0.0101. The van der Waals surface area contributed by atoms with Gasteiger partial charge in [-0.15, -0.1) is 5.10 Å². The number of aromatic carboxylic acids is 1. The van der Waals surface area contributed by atoms with Crippen LogP contribution in [0.2, 0.25) is 0 Å². The Bertz CT molecular complexity index is 730. The summed E-state index contributed by atoms with van der Waals surface area (Å²) in [4.78, 5) is 22.6. The number of primary amides is 1. The highest BCUT2D eigenvalue weighted by Gasteiger charge is 2.28. The summed E-state index contributed by atoms with van der Waals surface area (Å²) in [5.74, 6) is -1.43. The Labute approximate surface area is 133 Å². The van der Waals surface area contributed by atoms with E-state index in [2.05, 4.69) is 10.3 Å². The minimum Gasteiger partial charge on any atom is -0.476 e. The smallest absolute Gasteiger partial charge is 0.358 e. The molecule has 1 aliphatic rings. The monoisotopic (exact) mass is 314 g/mol. The van der Waals surface area contributed by atoms with E-state index < -0.39 is 11.9 Å². The molecular weight excluding hydrogens is 296 g/mol. The second kappa shape index (κ2) is 6.20. The van der Waals surface area contributed by atoms with E-state index in [4.69, 9.17) is 5.73 Å². The van der Waals surface area contributed by atoms with E-state index in [0.29, 0.717) is 16.9 Å². The third-order valence-corrected chi connectivity index (χ3v) is 4.30. The lowest BCUT2D eigenvalue weighted by atomic mass is 9.86. The molecule has 1 fully saturated rings. The predicted molar refractivity (Wildman–Crippen MR) is 82.7 cm³/mol. The van der Waals surface area contributed by atoms with Gasteiger partial charge in [-0.25, -0.2) is 9.48 Å². The zero-order valence-corrected chi connectivity index (χ0v) is 12.6. The minimum atomic E-state index is -1.06. The first-order valence-electron chi connectivity index (χ1n) is 7.67. The second-order valence-corrected chi connectivity index (χ2v) is 5.79. The fraction of sp³-hybridized carbons (Fsp3) is 0.375. The Balaban J connectivity index is 2.04. The number of rotatable bonds is 4. The van der Waals surface area contributed by atoms with Gasteiger partial charge in [0, 0.05) is 11.5 Å². The van der Waals surface area contributed by atoms with Gasteiger partial charge in [0.05, 0.1) is 11.4 Å². The zero-order chi connectivity index (χ0) is 16.4. The van der Waals surface area contributed by atoms with Crippen molar-refractivity contribution in [3.8, 4) is 5.69 Å². The maximum absolute atomic E-state index is 11.5. The summed E-state index contributed by atoms with van der Waals surface area (Å²) in [7, 11) is 0. The zero-order valence-electron chi connectivity index (χ0n) is 12.6. The predicted octanol–water partition coefficient (Wildman–Crippen LogP) is 2.11. The van der Waals surface area contributed by atoms with Crippen LogP contribution in [-0.4, -0.2) is 32.0 Å². The Morgan fingerprint density at radius 1 is 1.13 bits per heavy atom. The van der Waals surface area contributed by atoms with Gasteiger partial charge >= 0.3 is 5.97 Å². The summed E-state index contributed by atoms with van der Waals surface area (Å²) >= 11 is 0. The molecule has 1 heterocycles. The van der Waals surface area contributed by atoms with Crippen molar-refractivity contribution in [1.82, 2.24) is 15.0 Å². The number of carbonyl (C=O) groups is 2. The molecule has 0 spiro atoms. The number of carbonyl (C=O) groups excluding carboxylic acids is 1. The molecule has 3 rings (SSSR count). The van der Waals surface area contributed by atoms with Crippen molar-refractivity contribution < 1.29 is 14.7 Å². The van der Waals surface area contributed by atoms with Gasteiger partial charge in [0.2, 0.25) is 5.91 Å². The van der Waals surface area contributed by atoms with E-state index in [0.717, 1.165) is 25.7 Å². The molecule has 1 aromatic carbocycles. The highest BCUT2D eigenvalue weighted by molar-refractivity contribution is 5.93. The Hall–Kier alpha value is -2.70. The largest absolute Gasteiger partial charge is 0.476 e. The highest BCUT2D eigenvalue weighted by atomic mass is 16.4. The summed E-state index contributed by atoms with van der Waals surface area (Å²) in [6, 6.07) is 6.61. The average molecular weight is 314 g/mol. The first kappa shape index (κ1) is 15.2. The molecule has 0 radical (unpaired) electrons. The van der Waals surface area contributed by atoms with Crippen LogP contribution >= 0.6 is 0 Å². The van der Waals surface area contributed by atoms with Crippen molar-refractivity contribution >= 4 is 11.9 Å². The number of amides is 1. The van der Waals surface area contributed by atoms with Gasteiger partial charge in [0.15, 0.2) is 5.69 Å². The molecule has 0 bridgehead atoms. The van der Waals surface area contributed by atoms with Crippen molar-refractivity contribution in [1.29, 1.82) is 0 Å². The van der Waals surface area contributed by atoms with Crippen LogP contribution in [0.5, 0.6) is 0 Å². The molecule has 23 heavy (non-hydrogen) atoms. The molecular formula is C16H18N4O3. The molecule has 3 N–H and O–H groups in total. The van der Waals surface area contributed by atoms with Gasteiger partial charge in [0.25, 0.3) is 0 Å². The lowest BCUT2D eigenvalue weighted by Gasteiger charge is -2.22. The number of benzene rings is 1. The normalized spacial score (nSPS) is 15.5. The molecule has 120 valence electrons. The molecule has 1 amide bonds. The fourth-order valence-corrected chi connectivity index (χ4v) is 3.14. The van der Waals surface area contributed by atoms with Gasteiger partial charge in [-0.1, -0.05) is 24.5 Å². The van der Waals surface area contributed by atoms with Crippen molar-refractivity contribution in [2.24, 2.45) is 5.73 Å². The standard InChI is InChI=1S/C16H18N4O3/c17-15(21)11-6-8-12(9-7-11)20-14(10-4-2-1-3-5-10)13(16(22)23)18-19-20/h6-10H,1-5H2,(H2,17,21)(H,22,23). The lowest BCUT2D eigenvalue weighted by Crippen LogP contribution is -2.15. The summed E-state index contributed by atoms with van der Waals surface area (Å²) in [6.45, 7) is 0. The Morgan fingerprint density at radius 2 is 1.78 bits per heavy atom. The molecule has 0 atom stereocenters. The number of hydrogen-bond acceptors (Lipinski definition) is 4. The molecule has 7 heteroatoms. The van der Waals surface area contributed by atoms with Crippen molar-refractivity contribution in [2.45, 2.75) is 38.0 Å². The first-order chi connectivity index (χ1) is 11.1. The summed E-state index contributed by atoms with van der Waals surface area (Å²) < 4.78 is 1.57. The third kappa shape index (κ3) is 2.94. The van der Waals surface area contributed by atoms with E-state index in [-0.39, 0.29) is 11.6 Å². The van der Waals surface area contributed by atoms with Crippen LogP contribution in [0.25, 0.3) is 5.69 Å². The van der Waals surface area contributed by atoms with E-state index in [1.165, 1.54) is 6.42 Å². The third-order valence-electron chi connectivity index (χ3n) is 4.30. The lowest BCUT2D eigenvalue weighted by molar-refractivity contribution is 0.0688. The van der Waals surface area contributed by atoms with Gasteiger partial charge in [-0.2, -0.15) is 0 Å². The quantitative estimate of drug-likeness (QED) is 0.897. The average Bonchev–Trinajstić information content (AvgIpc) is 3.01. The van der Waals surface area contributed by atoms with Crippen LogP contribution < -0.4 is 5.73 Å². The Morgan fingerprint density at radius 3 is 2.35 bits per heavy atom. The molecule has 7 nitrogen and oxygen atoms in total. The van der Waals surface area contributed by atoms with Gasteiger partial charge in [0.1, 0.15) is 0 Å². The summed E-state index contributed by atoms with van der Waals surface area (Å²) in [5, 5.41) is 17.3. The number of nitrogens with zero attached hydrogens (tertiary/aromatic N) is 3. The molecule has 0 saturated heterocycles. The van der Waals surface area contributed by atoms with Crippen LogP contribution in [0, 0.1) is 0 Å². The van der Waals surface area contributed by atoms with Crippen LogP contribution in [0.15, 0.2) is 24.3 Å². The summed E-state index contributed by atoms with van der Waals surface area (Å²) in [6.07, 6.45) is 5.21. The maximum Gasteiger partial charge on any atom is 0.358 e. The maximum atomic E-state index is 11.5. The molecule has 2 aromatic rings. The molecule has 0 aliphatic heterocycles. The van der Waals surface area contributed by atoms with E-state index in [1.807, 2.05) is 0 Å². The fourth-order valence-electron chi connectivity index (χ4n) is 3.14. The molecule has 1 aliphatic carbocycles. The van der Waals surface area contributed by atoms with Crippen LogP contribution in [0.4, 0.5) is 0 Å². The van der Waals surface area contributed by atoms with Crippen LogP contribution in [0.1, 0.15) is 64.6 Å². The van der Waals surface area contributed by atoms with E-state index in [9.17, 15) is 14.7 Å². The van der Waals surface area contributed by atoms with Gasteiger partial charge in [-0.05, 0) is 37.1 Å².